The van der Waals surface area contributed by atoms with Crippen LogP contribution in [0.2, 0.25) is 0 Å². The standard InChI is InChI=1S/C14H23N5O/c1-9-6-13(18-15)12(8-16-9)14(20)17-11-4-5-19(3)10(2)7-11/h6,8,10-11H,4-5,7,15H2,1-3H3,(H,16,18)(H,17,20). The minimum atomic E-state index is -0.118. The van der Waals surface area contributed by atoms with Crippen LogP contribution < -0.4 is 16.6 Å². The number of hydrogen-bond acceptors (Lipinski definition) is 5. The molecule has 1 aliphatic rings. The van der Waals surface area contributed by atoms with Crippen LogP contribution in [0.1, 0.15) is 35.8 Å². The first-order valence-corrected chi connectivity index (χ1v) is 6.95. The van der Waals surface area contributed by atoms with Crippen molar-refractivity contribution in [2.75, 3.05) is 19.0 Å². The molecule has 1 aromatic heterocycles. The van der Waals surface area contributed by atoms with Gasteiger partial charge in [0.15, 0.2) is 0 Å². The smallest absolute Gasteiger partial charge is 0.255 e. The maximum atomic E-state index is 12.3. The molecule has 6 nitrogen and oxygen atoms in total. The first-order chi connectivity index (χ1) is 9.51. The summed E-state index contributed by atoms with van der Waals surface area (Å²) in [4.78, 5) is 18.8. The minimum Gasteiger partial charge on any atom is -0.349 e. The Morgan fingerprint density at radius 2 is 2.30 bits per heavy atom. The lowest BCUT2D eigenvalue weighted by molar-refractivity contribution is 0.0897. The summed E-state index contributed by atoms with van der Waals surface area (Å²) < 4.78 is 0. The molecule has 110 valence electrons. The molecule has 0 saturated carbocycles. The van der Waals surface area contributed by atoms with Crippen LogP contribution in [0.15, 0.2) is 12.3 Å². The van der Waals surface area contributed by atoms with Gasteiger partial charge in [-0.1, -0.05) is 0 Å². The van der Waals surface area contributed by atoms with Gasteiger partial charge in [-0.25, -0.2) is 0 Å². The largest absolute Gasteiger partial charge is 0.349 e. The number of nitrogens with two attached hydrogens (primary N) is 1. The first-order valence-electron chi connectivity index (χ1n) is 6.95. The van der Waals surface area contributed by atoms with Crippen LogP contribution >= 0.6 is 0 Å². The molecule has 0 aromatic carbocycles. The van der Waals surface area contributed by atoms with E-state index in [2.05, 4.69) is 34.6 Å². The molecule has 0 aliphatic carbocycles. The number of nitrogens with zero attached hydrogens (tertiary/aromatic N) is 2. The van der Waals surface area contributed by atoms with Crippen molar-refractivity contribution >= 4 is 11.6 Å². The Labute approximate surface area is 119 Å². The summed E-state index contributed by atoms with van der Waals surface area (Å²) in [5.74, 6) is 5.35. The van der Waals surface area contributed by atoms with Gasteiger partial charge in [-0.15, -0.1) is 0 Å². The number of carbonyl (C=O) groups is 1. The zero-order chi connectivity index (χ0) is 14.7. The fourth-order valence-corrected chi connectivity index (χ4v) is 2.54. The predicted octanol–water partition coefficient (Wildman–Crippen LogP) is 0.888. The highest BCUT2D eigenvalue weighted by molar-refractivity contribution is 5.99. The van der Waals surface area contributed by atoms with Gasteiger partial charge in [-0.3, -0.25) is 15.6 Å². The molecule has 0 radical (unpaired) electrons. The van der Waals surface area contributed by atoms with Crippen LogP contribution in [0.25, 0.3) is 0 Å². The summed E-state index contributed by atoms with van der Waals surface area (Å²) in [7, 11) is 2.11. The number of pyridine rings is 1. The van der Waals surface area contributed by atoms with Crippen molar-refractivity contribution < 1.29 is 4.79 Å². The molecular formula is C14H23N5O. The van der Waals surface area contributed by atoms with Gasteiger partial charge in [-0.05, 0) is 39.8 Å². The van der Waals surface area contributed by atoms with E-state index in [1.807, 2.05) is 6.92 Å². The van der Waals surface area contributed by atoms with Gasteiger partial charge in [0.05, 0.1) is 11.3 Å². The van der Waals surface area contributed by atoms with E-state index in [1.165, 1.54) is 0 Å². The van der Waals surface area contributed by atoms with Crippen molar-refractivity contribution in [1.82, 2.24) is 15.2 Å². The number of rotatable bonds is 3. The van der Waals surface area contributed by atoms with Gasteiger partial charge in [0, 0.05) is 30.5 Å². The topological polar surface area (TPSA) is 83.3 Å². The molecule has 6 heteroatoms. The van der Waals surface area contributed by atoms with Crippen LogP contribution in [0, 0.1) is 6.92 Å². The molecule has 20 heavy (non-hydrogen) atoms. The molecule has 1 saturated heterocycles. The second-order valence-electron chi connectivity index (χ2n) is 5.54. The monoisotopic (exact) mass is 277 g/mol. The summed E-state index contributed by atoms with van der Waals surface area (Å²) in [5, 5.41) is 3.08. The molecule has 1 aromatic rings. The zero-order valence-corrected chi connectivity index (χ0v) is 12.3. The second-order valence-corrected chi connectivity index (χ2v) is 5.54. The van der Waals surface area contributed by atoms with E-state index >= 15 is 0 Å². The molecule has 1 amide bonds. The number of likely N-dealkylation sites (tertiary alicyclic amines) is 1. The van der Waals surface area contributed by atoms with E-state index in [-0.39, 0.29) is 11.9 Å². The van der Waals surface area contributed by atoms with Crippen LogP contribution in [-0.4, -0.2) is 41.5 Å². The molecule has 4 N–H and O–H groups in total. The summed E-state index contributed by atoms with van der Waals surface area (Å²) in [6.07, 6.45) is 3.50. The van der Waals surface area contributed by atoms with Gasteiger partial charge in [0.1, 0.15) is 0 Å². The lowest BCUT2D eigenvalue weighted by atomic mass is 9.98. The number of aromatic nitrogens is 1. The summed E-state index contributed by atoms with van der Waals surface area (Å²) in [6.45, 7) is 5.04. The molecule has 0 spiro atoms. The normalized spacial score (nSPS) is 23.4. The van der Waals surface area contributed by atoms with Crippen molar-refractivity contribution in [1.29, 1.82) is 0 Å². The van der Waals surface area contributed by atoms with Crippen molar-refractivity contribution in [3.63, 3.8) is 0 Å². The molecular weight excluding hydrogens is 254 g/mol. The number of piperidine rings is 1. The SMILES string of the molecule is Cc1cc(NN)c(C(=O)NC2CCN(C)C(C)C2)cn1. The fourth-order valence-electron chi connectivity index (χ4n) is 2.54. The van der Waals surface area contributed by atoms with Crippen molar-refractivity contribution in [2.45, 2.75) is 38.8 Å². The summed E-state index contributed by atoms with van der Waals surface area (Å²) in [5.41, 5.74) is 4.48. The number of hydrogen-bond donors (Lipinski definition) is 3. The third-order valence-corrected chi connectivity index (χ3v) is 3.98. The van der Waals surface area contributed by atoms with Crippen LogP contribution in [0.3, 0.4) is 0 Å². The maximum Gasteiger partial charge on any atom is 0.255 e. The third-order valence-electron chi connectivity index (χ3n) is 3.98. The number of carbonyl (C=O) groups excluding carboxylic acids is 1. The Hall–Kier alpha value is -1.66. The quantitative estimate of drug-likeness (QED) is 0.564. The van der Waals surface area contributed by atoms with Gasteiger partial charge < -0.3 is 15.6 Å². The molecule has 2 rings (SSSR count). The molecule has 1 fully saturated rings. The molecule has 1 aliphatic heterocycles. The van der Waals surface area contributed by atoms with Crippen molar-refractivity contribution in [3.05, 3.63) is 23.5 Å². The van der Waals surface area contributed by atoms with E-state index in [9.17, 15) is 4.79 Å². The Kier molecular flexibility index (Phi) is 4.57. The van der Waals surface area contributed by atoms with E-state index in [1.54, 1.807) is 12.3 Å². The van der Waals surface area contributed by atoms with Gasteiger partial charge in [0.2, 0.25) is 0 Å². The van der Waals surface area contributed by atoms with Crippen LogP contribution in [0.5, 0.6) is 0 Å². The van der Waals surface area contributed by atoms with E-state index in [0.29, 0.717) is 17.3 Å². The summed E-state index contributed by atoms with van der Waals surface area (Å²) >= 11 is 0. The van der Waals surface area contributed by atoms with Crippen molar-refractivity contribution in [3.8, 4) is 0 Å². The van der Waals surface area contributed by atoms with Crippen molar-refractivity contribution in [2.24, 2.45) is 5.84 Å². The lowest BCUT2D eigenvalue weighted by Crippen LogP contribution is -2.47. The minimum absolute atomic E-state index is 0.118. The third kappa shape index (κ3) is 3.26. The Morgan fingerprint density at radius 3 is 2.95 bits per heavy atom. The lowest BCUT2D eigenvalue weighted by Gasteiger charge is -2.35. The van der Waals surface area contributed by atoms with Gasteiger partial charge in [-0.2, -0.15) is 0 Å². The predicted molar refractivity (Wildman–Crippen MR) is 79.4 cm³/mol. The molecule has 2 heterocycles. The van der Waals surface area contributed by atoms with E-state index < -0.39 is 0 Å². The highest BCUT2D eigenvalue weighted by Gasteiger charge is 2.25. The molecule has 2 atom stereocenters. The summed E-state index contributed by atoms with van der Waals surface area (Å²) in [6, 6.07) is 2.46. The molecule has 0 bridgehead atoms. The maximum absolute atomic E-state index is 12.3. The zero-order valence-electron chi connectivity index (χ0n) is 12.3. The average Bonchev–Trinajstić information content (AvgIpc) is 2.42. The van der Waals surface area contributed by atoms with Gasteiger partial charge >= 0.3 is 0 Å². The Bertz CT molecular complexity index is 490. The average molecular weight is 277 g/mol. The Balaban J connectivity index is 2.05. The first kappa shape index (κ1) is 14.7. The van der Waals surface area contributed by atoms with E-state index in [0.717, 1.165) is 25.1 Å². The fraction of sp³-hybridized carbons (Fsp3) is 0.571. The number of amides is 1. The molecule has 2 unspecified atom stereocenters. The highest BCUT2D eigenvalue weighted by Crippen LogP contribution is 2.18. The Morgan fingerprint density at radius 1 is 1.55 bits per heavy atom. The number of nitrogen functional groups attached to an aromatic ring is 1. The number of nitrogens with one attached hydrogen (secondary N) is 2. The van der Waals surface area contributed by atoms with E-state index in [4.69, 9.17) is 5.84 Å². The van der Waals surface area contributed by atoms with Crippen LogP contribution in [0.4, 0.5) is 5.69 Å². The number of anilines is 1. The van der Waals surface area contributed by atoms with Crippen LogP contribution in [-0.2, 0) is 0 Å². The van der Waals surface area contributed by atoms with Gasteiger partial charge in [0.25, 0.3) is 5.91 Å². The number of aryl methyl sites for hydroxylation is 1. The second kappa shape index (κ2) is 6.19. The number of hydrazine groups is 1. The highest BCUT2D eigenvalue weighted by atomic mass is 16.1.